The number of rotatable bonds is 3. The topological polar surface area (TPSA) is 101 Å². The summed E-state index contributed by atoms with van der Waals surface area (Å²) in [6, 6.07) is 3.50. The Morgan fingerprint density at radius 1 is 1.28 bits per heavy atom. The molecule has 1 N–H and O–H groups in total. The van der Waals surface area contributed by atoms with Gasteiger partial charge in [0, 0.05) is 19.2 Å². The molecule has 1 fully saturated rings. The zero-order valence-electron chi connectivity index (χ0n) is 9.44. The zero-order valence-corrected chi connectivity index (χ0v) is 10.3. The summed E-state index contributed by atoms with van der Waals surface area (Å²) in [4.78, 5) is 9.45. The van der Waals surface area contributed by atoms with Crippen LogP contribution in [0.4, 0.5) is 5.69 Å². The normalized spacial score (nSPS) is 16.9. The van der Waals surface area contributed by atoms with E-state index in [-0.39, 0.29) is 0 Å². The van der Waals surface area contributed by atoms with Crippen LogP contribution in [-0.2, 0) is 10.0 Å². The van der Waals surface area contributed by atoms with Crippen LogP contribution in [0, 0.1) is 10.1 Å². The third kappa shape index (κ3) is 2.04. The Morgan fingerprint density at radius 2 is 1.89 bits per heavy atom. The lowest BCUT2D eigenvalue weighted by atomic mass is 10.3. The van der Waals surface area contributed by atoms with Crippen molar-refractivity contribution in [3.05, 3.63) is 28.3 Å². The van der Waals surface area contributed by atoms with Gasteiger partial charge in [0.05, 0.1) is 4.92 Å². The summed E-state index contributed by atoms with van der Waals surface area (Å²) in [6.45, 7) is 0.759. The first-order valence-electron chi connectivity index (χ1n) is 5.41. The lowest BCUT2D eigenvalue weighted by Gasteiger charge is -2.15. The van der Waals surface area contributed by atoms with Crippen molar-refractivity contribution in [2.24, 2.45) is 0 Å². The molecule has 0 aliphatic carbocycles. The van der Waals surface area contributed by atoms with Gasteiger partial charge in [0.1, 0.15) is 4.90 Å². The molecule has 0 unspecified atom stereocenters. The average molecular weight is 272 g/mol. The van der Waals surface area contributed by atoms with Crippen LogP contribution in [0.3, 0.4) is 0 Å². The van der Waals surface area contributed by atoms with E-state index in [9.17, 15) is 23.6 Å². The first kappa shape index (κ1) is 12.8. The van der Waals surface area contributed by atoms with Gasteiger partial charge in [0.15, 0.2) is 0 Å². The Labute approximate surface area is 104 Å². The van der Waals surface area contributed by atoms with Crippen molar-refractivity contribution in [2.45, 2.75) is 17.7 Å². The second kappa shape index (κ2) is 4.54. The summed E-state index contributed by atoms with van der Waals surface area (Å²) < 4.78 is 25.6. The van der Waals surface area contributed by atoms with Gasteiger partial charge in [0.2, 0.25) is 15.8 Å². The van der Waals surface area contributed by atoms with Gasteiger partial charge < -0.3 is 5.11 Å². The highest BCUT2D eigenvalue weighted by atomic mass is 32.2. The van der Waals surface area contributed by atoms with E-state index in [2.05, 4.69) is 0 Å². The Balaban J connectivity index is 2.51. The molecule has 7 nitrogen and oxygen atoms in total. The van der Waals surface area contributed by atoms with Crippen LogP contribution >= 0.6 is 0 Å². The number of nitro groups is 1. The van der Waals surface area contributed by atoms with Crippen molar-refractivity contribution < 1.29 is 18.4 Å². The molecule has 0 bridgehead atoms. The van der Waals surface area contributed by atoms with Gasteiger partial charge in [-0.3, -0.25) is 10.1 Å². The average Bonchev–Trinajstić information content (AvgIpc) is 2.82. The Hall–Kier alpha value is -1.67. The number of para-hydroxylation sites is 1. The van der Waals surface area contributed by atoms with Gasteiger partial charge in [-0.1, -0.05) is 6.07 Å². The minimum absolute atomic E-state index is 0.379. The number of hydrogen-bond donors (Lipinski definition) is 1. The lowest BCUT2D eigenvalue weighted by molar-refractivity contribution is -0.386. The predicted molar refractivity (Wildman–Crippen MR) is 62.8 cm³/mol. The van der Waals surface area contributed by atoms with E-state index in [4.69, 9.17) is 0 Å². The highest BCUT2D eigenvalue weighted by Crippen LogP contribution is 2.34. The molecule has 1 saturated heterocycles. The molecule has 0 atom stereocenters. The molecule has 0 spiro atoms. The third-order valence-electron chi connectivity index (χ3n) is 2.86. The molecule has 1 aromatic rings. The Morgan fingerprint density at radius 3 is 2.44 bits per heavy atom. The summed E-state index contributed by atoms with van der Waals surface area (Å²) in [6.07, 6.45) is 1.52. The highest BCUT2D eigenvalue weighted by Gasteiger charge is 2.32. The van der Waals surface area contributed by atoms with E-state index in [1.165, 1.54) is 16.4 Å². The molecule has 0 amide bonds. The Bertz CT molecular complexity index is 578. The lowest BCUT2D eigenvalue weighted by Crippen LogP contribution is -2.27. The molecule has 98 valence electrons. The summed E-state index contributed by atoms with van der Waals surface area (Å²) in [5, 5.41) is 20.4. The monoisotopic (exact) mass is 272 g/mol. The van der Waals surface area contributed by atoms with Gasteiger partial charge in [-0.15, -0.1) is 0 Å². The number of nitrogens with zero attached hydrogens (tertiary/aromatic N) is 2. The smallest absolute Gasteiger partial charge is 0.312 e. The van der Waals surface area contributed by atoms with Crippen LogP contribution < -0.4 is 0 Å². The fourth-order valence-corrected chi connectivity index (χ4v) is 3.55. The van der Waals surface area contributed by atoms with Crippen molar-refractivity contribution in [2.75, 3.05) is 13.1 Å². The number of phenols is 1. The molecule has 0 radical (unpaired) electrons. The molecular weight excluding hydrogens is 260 g/mol. The molecule has 18 heavy (non-hydrogen) atoms. The number of hydrogen-bond acceptors (Lipinski definition) is 5. The van der Waals surface area contributed by atoms with E-state index < -0.39 is 31.3 Å². The standard InChI is InChI=1S/C10H12N2O5S/c13-10-8(12(14)15)4-3-5-9(10)18(16,17)11-6-1-2-7-11/h3-5,13H,1-2,6-7H2. The van der Waals surface area contributed by atoms with Gasteiger partial charge in [-0.2, -0.15) is 4.31 Å². The summed E-state index contributed by atoms with van der Waals surface area (Å²) >= 11 is 0. The van der Waals surface area contributed by atoms with Crippen LogP contribution in [0.25, 0.3) is 0 Å². The number of nitro benzene ring substituents is 1. The molecule has 1 heterocycles. The van der Waals surface area contributed by atoms with E-state index in [0.717, 1.165) is 18.9 Å². The van der Waals surface area contributed by atoms with Crippen molar-refractivity contribution in [1.82, 2.24) is 4.31 Å². The molecule has 0 saturated carbocycles. The van der Waals surface area contributed by atoms with Crippen LogP contribution in [0.1, 0.15) is 12.8 Å². The highest BCUT2D eigenvalue weighted by molar-refractivity contribution is 7.89. The van der Waals surface area contributed by atoms with E-state index in [1.54, 1.807) is 0 Å². The van der Waals surface area contributed by atoms with Crippen molar-refractivity contribution in [3.8, 4) is 5.75 Å². The van der Waals surface area contributed by atoms with Crippen molar-refractivity contribution in [3.63, 3.8) is 0 Å². The van der Waals surface area contributed by atoms with Crippen LogP contribution in [-0.4, -0.2) is 35.8 Å². The van der Waals surface area contributed by atoms with Gasteiger partial charge in [-0.25, -0.2) is 8.42 Å². The predicted octanol–water partition coefficient (Wildman–Crippen LogP) is 1.08. The number of phenolic OH excluding ortho intramolecular Hbond substituents is 1. The quantitative estimate of drug-likeness (QED) is 0.655. The van der Waals surface area contributed by atoms with Gasteiger partial charge in [0.25, 0.3) is 0 Å². The van der Waals surface area contributed by atoms with Gasteiger partial charge in [-0.05, 0) is 18.9 Å². The number of benzene rings is 1. The minimum Gasteiger partial charge on any atom is -0.501 e. The van der Waals surface area contributed by atoms with E-state index in [0.29, 0.717) is 13.1 Å². The second-order valence-corrected chi connectivity index (χ2v) is 5.90. The SMILES string of the molecule is O=[N+]([O-])c1cccc(S(=O)(=O)N2CCCC2)c1O. The van der Waals surface area contributed by atoms with Crippen molar-refractivity contribution in [1.29, 1.82) is 0 Å². The van der Waals surface area contributed by atoms with E-state index >= 15 is 0 Å². The summed E-state index contributed by atoms with van der Waals surface area (Å²) in [5.41, 5.74) is -0.602. The fourth-order valence-electron chi connectivity index (χ4n) is 1.93. The van der Waals surface area contributed by atoms with Crippen molar-refractivity contribution >= 4 is 15.7 Å². The number of sulfonamides is 1. The zero-order chi connectivity index (χ0) is 13.3. The Kier molecular flexibility index (Phi) is 3.22. The third-order valence-corrected chi connectivity index (χ3v) is 4.79. The fraction of sp³-hybridized carbons (Fsp3) is 0.400. The van der Waals surface area contributed by atoms with Gasteiger partial charge >= 0.3 is 5.69 Å². The second-order valence-electron chi connectivity index (χ2n) is 3.99. The van der Waals surface area contributed by atoms with E-state index in [1.807, 2.05) is 0 Å². The maximum atomic E-state index is 12.2. The largest absolute Gasteiger partial charge is 0.501 e. The first-order chi connectivity index (χ1) is 8.44. The summed E-state index contributed by atoms with van der Waals surface area (Å²) in [5.74, 6) is -0.797. The maximum Gasteiger partial charge on any atom is 0.312 e. The van der Waals surface area contributed by atoms with Crippen LogP contribution in [0.15, 0.2) is 23.1 Å². The first-order valence-corrected chi connectivity index (χ1v) is 6.85. The molecule has 0 aromatic heterocycles. The summed E-state index contributed by atoms with van der Waals surface area (Å²) in [7, 11) is -3.85. The molecule has 8 heteroatoms. The van der Waals surface area contributed by atoms with Crippen LogP contribution in [0.5, 0.6) is 5.75 Å². The molecule has 1 aromatic carbocycles. The molecule has 2 rings (SSSR count). The van der Waals surface area contributed by atoms with Crippen LogP contribution in [0.2, 0.25) is 0 Å². The maximum absolute atomic E-state index is 12.2. The molecule has 1 aliphatic heterocycles. The molecular formula is C10H12N2O5S. The minimum atomic E-state index is -3.85. The molecule has 1 aliphatic rings. The number of aromatic hydroxyl groups is 1.